The van der Waals surface area contributed by atoms with Crippen LogP contribution in [0.15, 0.2) is 41.1 Å². The van der Waals surface area contributed by atoms with E-state index in [1.54, 1.807) is 30.3 Å². The second-order valence-electron chi connectivity index (χ2n) is 6.29. The fourth-order valence-electron chi connectivity index (χ4n) is 2.87. The standard InChI is InChI=1S/C18H18BrN5O4/c19-14-5-1-4-13(22-14)17(26)23-15-7-6-12(9-20-15)21-16(25)11-3-2-8-24(10-11)18(27)28/h1,4-7,9,11H,2-3,8,10H2,(H,21,25)(H,27,28)(H,20,23,26)/t11-/m1/s1. The Morgan fingerprint density at radius 2 is 2.00 bits per heavy atom. The van der Waals surface area contributed by atoms with E-state index in [0.717, 1.165) is 0 Å². The zero-order valence-electron chi connectivity index (χ0n) is 14.8. The van der Waals surface area contributed by atoms with Crippen LogP contribution in [0.4, 0.5) is 16.3 Å². The van der Waals surface area contributed by atoms with E-state index in [0.29, 0.717) is 35.5 Å². The van der Waals surface area contributed by atoms with Gasteiger partial charge >= 0.3 is 6.09 Å². The van der Waals surface area contributed by atoms with E-state index >= 15 is 0 Å². The number of hydrogen-bond acceptors (Lipinski definition) is 5. The van der Waals surface area contributed by atoms with E-state index in [1.807, 2.05) is 0 Å². The molecule has 2 aromatic rings. The minimum atomic E-state index is -1.01. The minimum absolute atomic E-state index is 0.183. The first-order valence-corrected chi connectivity index (χ1v) is 9.40. The van der Waals surface area contributed by atoms with Gasteiger partial charge in [0.05, 0.1) is 17.8 Å². The van der Waals surface area contributed by atoms with Gasteiger partial charge in [-0.1, -0.05) is 6.07 Å². The van der Waals surface area contributed by atoms with Crippen LogP contribution in [0.25, 0.3) is 0 Å². The number of likely N-dealkylation sites (tertiary alicyclic amines) is 1. The summed E-state index contributed by atoms with van der Waals surface area (Å²) in [4.78, 5) is 45.0. The van der Waals surface area contributed by atoms with Crippen molar-refractivity contribution in [3.05, 3.63) is 46.8 Å². The molecule has 2 aromatic heterocycles. The summed E-state index contributed by atoms with van der Waals surface area (Å²) >= 11 is 3.21. The molecule has 3 amide bonds. The highest BCUT2D eigenvalue weighted by Crippen LogP contribution is 2.19. The quantitative estimate of drug-likeness (QED) is 0.618. The molecule has 9 nitrogen and oxygen atoms in total. The van der Waals surface area contributed by atoms with Crippen LogP contribution in [0.1, 0.15) is 23.3 Å². The van der Waals surface area contributed by atoms with Gasteiger partial charge in [-0.15, -0.1) is 0 Å². The average molecular weight is 448 g/mol. The van der Waals surface area contributed by atoms with Crippen LogP contribution in [0.5, 0.6) is 0 Å². The molecule has 146 valence electrons. The summed E-state index contributed by atoms with van der Waals surface area (Å²) in [5, 5.41) is 14.4. The predicted molar refractivity (Wildman–Crippen MR) is 105 cm³/mol. The van der Waals surface area contributed by atoms with Crippen molar-refractivity contribution in [3.63, 3.8) is 0 Å². The zero-order valence-corrected chi connectivity index (χ0v) is 16.3. The first-order chi connectivity index (χ1) is 13.4. The van der Waals surface area contributed by atoms with Crippen LogP contribution < -0.4 is 10.6 Å². The Morgan fingerprint density at radius 3 is 2.68 bits per heavy atom. The molecule has 1 atom stereocenters. The molecule has 1 aliphatic heterocycles. The van der Waals surface area contributed by atoms with E-state index in [9.17, 15) is 14.4 Å². The predicted octanol–water partition coefficient (Wildman–Crippen LogP) is 2.82. The van der Waals surface area contributed by atoms with E-state index in [1.165, 1.54) is 11.1 Å². The molecule has 28 heavy (non-hydrogen) atoms. The molecule has 0 saturated carbocycles. The number of carbonyl (C=O) groups is 3. The highest BCUT2D eigenvalue weighted by Gasteiger charge is 2.28. The van der Waals surface area contributed by atoms with E-state index < -0.39 is 17.9 Å². The summed E-state index contributed by atoms with van der Waals surface area (Å²) < 4.78 is 0.551. The summed E-state index contributed by atoms with van der Waals surface area (Å²) in [7, 11) is 0. The monoisotopic (exact) mass is 447 g/mol. The third-order valence-electron chi connectivity index (χ3n) is 4.28. The van der Waals surface area contributed by atoms with E-state index in [2.05, 4.69) is 36.5 Å². The molecule has 0 unspecified atom stereocenters. The van der Waals surface area contributed by atoms with Gasteiger partial charge in [-0.05, 0) is 53.0 Å². The van der Waals surface area contributed by atoms with Gasteiger partial charge in [-0.25, -0.2) is 14.8 Å². The Morgan fingerprint density at radius 1 is 1.18 bits per heavy atom. The lowest BCUT2D eigenvalue weighted by molar-refractivity contribution is -0.121. The van der Waals surface area contributed by atoms with E-state index in [4.69, 9.17) is 5.11 Å². The topological polar surface area (TPSA) is 125 Å². The number of piperidine rings is 1. The molecule has 10 heteroatoms. The van der Waals surface area contributed by atoms with Crippen LogP contribution in [-0.4, -0.2) is 51.0 Å². The molecule has 3 heterocycles. The molecule has 0 bridgehead atoms. The Labute approximate surface area is 169 Å². The Balaban J connectivity index is 1.57. The van der Waals surface area contributed by atoms with Crippen LogP contribution in [0, 0.1) is 5.92 Å². The van der Waals surface area contributed by atoms with Gasteiger partial charge in [0.1, 0.15) is 16.1 Å². The van der Waals surface area contributed by atoms with Crippen molar-refractivity contribution in [3.8, 4) is 0 Å². The summed E-state index contributed by atoms with van der Waals surface area (Å²) in [5.41, 5.74) is 0.713. The molecule has 0 spiro atoms. The highest BCUT2D eigenvalue weighted by atomic mass is 79.9. The second kappa shape index (κ2) is 8.79. The van der Waals surface area contributed by atoms with Crippen LogP contribution in [0.3, 0.4) is 0 Å². The summed E-state index contributed by atoms with van der Waals surface area (Å²) in [6.45, 7) is 0.629. The first kappa shape index (κ1) is 19.7. The molecule has 0 radical (unpaired) electrons. The van der Waals surface area contributed by atoms with Crippen LogP contribution in [0.2, 0.25) is 0 Å². The van der Waals surface area contributed by atoms with Crippen molar-refractivity contribution in [1.82, 2.24) is 14.9 Å². The van der Waals surface area contributed by atoms with Gasteiger partial charge < -0.3 is 20.6 Å². The molecular formula is C18H18BrN5O4. The molecule has 1 aliphatic rings. The fraction of sp³-hybridized carbons (Fsp3) is 0.278. The highest BCUT2D eigenvalue weighted by molar-refractivity contribution is 9.10. The van der Waals surface area contributed by atoms with E-state index in [-0.39, 0.29) is 18.1 Å². The number of halogens is 1. The summed E-state index contributed by atoms with van der Waals surface area (Å²) in [6.07, 6.45) is 1.70. The number of aromatic nitrogens is 2. The summed E-state index contributed by atoms with van der Waals surface area (Å²) in [6, 6.07) is 8.19. The third kappa shape index (κ3) is 5.03. The zero-order chi connectivity index (χ0) is 20.1. The average Bonchev–Trinajstić information content (AvgIpc) is 2.69. The maximum absolute atomic E-state index is 12.4. The number of rotatable bonds is 4. The molecule has 3 rings (SSSR count). The van der Waals surface area contributed by atoms with Crippen LogP contribution >= 0.6 is 15.9 Å². The largest absolute Gasteiger partial charge is 0.465 e. The Kier molecular flexibility index (Phi) is 6.19. The number of anilines is 2. The number of carboxylic acid groups (broad SMARTS) is 1. The van der Waals surface area contributed by atoms with Gasteiger partial charge in [0.2, 0.25) is 5.91 Å². The van der Waals surface area contributed by atoms with Crippen molar-refractivity contribution in [1.29, 1.82) is 0 Å². The van der Waals surface area contributed by atoms with Gasteiger partial charge in [0.15, 0.2) is 0 Å². The maximum atomic E-state index is 12.4. The number of nitrogens with one attached hydrogen (secondary N) is 2. The van der Waals surface area contributed by atoms with Gasteiger partial charge in [-0.3, -0.25) is 9.59 Å². The lowest BCUT2D eigenvalue weighted by Crippen LogP contribution is -2.43. The number of carbonyl (C=O) groups excluding carboxylic acids is 2. The third-order valence-corrected chi connectivity index (χ3v) is 4.72. The minimum Gasteiger partial charge on any atom is -0.465 e. The number of hydrogen-bond donors (Lipinski definition) is 3. The van der Waals surface area contributed by atoms with Gasteiger partial charge in [0.25, 0.3) is 5.91 Å². The summed E-state index contributed by atoms with van der Waals surface area (Å²) in [5.74, 6) is -0.726. The van der Waals surface area contributed by atoms with Crippen molar-refractivity contribution in [2.45, 2.75) is 12.8 Å². The Bertz CT molecular complexity index is 890. The number of pyridine rings is 2. The van der Waals surface area contributed by atoms with Crippen molar-refractivity contribution < 1.29 is 19.5 Å². The van der Waals surface area contributed by atoms with Crippen molar-refractivity contribution in [2.24, 2.45) is 5.92 Å². The smallest absolute Gasteiger partial charge is 0.407 e. The molecule has 0 aromatic carbocycles. The SMILES string of the molecule is O=C(Nc1ccc(NC(=O)[C@@H]2CCCN(C(=O)O)C2)cn1)c1cccc(Br)n1. The maximum Gasteiger partial charge on any atom is 0.407 e. The fourth-order valence-corrected chi connectivity index (χ4v) is 3.21. The molecule has 0 aliphatic carbocycles. The first-order valence-electron chi connectivity index (χ1n) is 8.61. The van der Waals surface area contributed by atoms with Crippen LogP contribution in [-0.2, 0) is 4.79 Å². The molecule has 1 fully saturated rings. The molecule has 3 N–H and O–H groups in total. The van der Waals surface area contributed by atoms with Crippen molar-refractivity contribution >= 4 is 45.3 Å². The second-order valence-corrected chi connectivity index (χ2v) is 7.10. The van der Waals surface area contributed by atoms with Crippen molar-refractivity contribution in [2.75, 3.05) is 23.7 Å². The molecule has 1 saturated heterocycles. The number of amides is 3. The number of nitrogens with zero attached hydrogens (tertiary/aromatic N) is 3. The van der Waals surface area contributed by atoms with Gasteiger partial charge in [-0.2, -0.15) is 0 Å². The Hall–Kier alpha value is -3.01. The molecular weight excluding hydrogens is 430 g/mol. The lowest BCUT2D eigenvalue weighted by Gasteiger charge is -2.29. The normalized spacial score (nSPS) is 16.3. The lowest BCUT2D eigenvalue weighted by atomic mass is 9.97. The van der Waals surface area contributed by atoms with Gasteiger partial charge in [0, 0.05) is 13.1 Å².